The maximum Gasteiger partial charge on any atom is 0.313 e. The lowest BCUT2D eigenvalue weighted by atomic mass is 10.0. The molecule has 3 heteroatoms. The summed E-state index contributed by atoms with van der Waals surface area (Å²) in [6.07, 6.45) is 2.49. The van der Waals surface area contributed by atoms with Crippen LogP contribution in [0.1, 0.15) is 33.6 Å². The second-order valence-electron chi connectivity index (χ2n) is 2.62. The van der Waals surface area contributed by atoms with Crippen molar-refractivity contribution in [2.24, 2.45) is 0 Å². The van der Waals surface area contributed by atoms with Gasteiger partial charge in [0.15, 0.2) is 0 Å². The Labute approximate surface area is 70.2 Å². The van der Waals surface area contributed by atoms with Crippen molar-refractivity contribution >= 4 is 14.6 Å². The fourth-order valence-corrected chi connectivity index (χ4v) is 2.54. The third-order valence-electron chi connectivity index (χ3n) is 2.13. The minimum Gasteiger partial charge on any atom is -0.481 e. The molecule has 0 aliphatic rings. The van der Waals surface area contributed by atoms with Crippen molar-refractivity contribution in [2.45, 2.75) is 38.8 Å². The summed E-state index contributed by atoms with van der Waals surface area (Å²) in [5.74, 6) is -0.623. The fraction of sp³-hybridized carbons (Fsp3) is 0.875. The number of carboxylic acid groups (broad SMARTS) is 1. The highest BCUT2D eigenvalue weighted by molar-refractivity contribution is 7.41. The van der Waals surface area contributed by atoms with E-state index in [1.807, 2.05) is 20.8 Å². The monoisotopic (exact) mass is 176 g/mol. The van der Waals surface area contributed by atoms with Crippen molar-refractivity contribution in [3.8, 4) is 0 Å². The van der Waals surface area contributed by atoms with Gasteiger partial charge in [0.05, 0.1) is 5.16 Å². The van der Waals surface area contributed by atoms with Gasteiger partial charge in [0, 0.05) is 0 Å². The van der Waals surface area contributed by atoms with E-state index in [0.717, 1.165) is 19.0 Å². The molecule has 0 saturated heterocycles. The van der Waals surface area contributed by atoms with E-state index in [2.05, 4.69) is 0 Å². The van der Waals surface area contributed by atoms with Gasteiger partial charge in [-0.25, -0.2) is 0 Å². The highest BCUT2D eigenvalue weighted by Gasteiger charge is 2.33. The van der Waals surface area contributed by atoms with Crippen LogP contribution in [-0.4, -0.2) is 22.4 Å². The zero-order valence-corrected chi connectivity index (χ0v) is 8.48. The molecule has 0 rings (SSSR count). The summed E-state index contributed by atoms with van der Waals surface area (Å²) < 4.78 is 0. The molecule has 2 nitrogen and oxygen atoms in total. The van der Waals surface area contributed by atoms with Crippen molar-refractivity contribution in [1.29, 1.82) is 0 Å². The fourth-order valence-electron chi connectivity index (χ4n) is 1.22. The maximum atomic E-state index is 10.9. The van der Waals surface area contributed by atoms with Crippen LogP contribution < -0.4 is 0 Å². The first-order valence-corrected chi connectivity index (χ1v) is 5.32. The van der Waals surface area contributed by atoms with Crippen LogP contribution in [-0.2, 0) is 4.79 Å². The number of carboxylic acids is 1. The summed E-state index contributed by atoms with van der Waals surface area (Å²) in [7, 11) is 0.557. The van der Waals surface area contributed by atoms with Crippen molar-refractivity contribution in [3.63, 3.8) is 0 Å². The molecule has 0 fully saturated rings. The molecule has 0 aliphatic heterocycles. The van der Waals surface area contributed by atoms with Gasteiger partial charge in [-0.2, -0.15) is 0 Å². The Bertz CT molecular complexity index is 130. The van der Waals surface area contributed by atoms with Gasteiger partial charge >= 0.3 is 5.97 Å². The molecule has 11 heavy (non-hydrogen) atoms. The van der Waals surface area contributed by atoms with E-state index in [9.17, 15) is 4.79 Å². The summed E-state index contributed by atoms with van der Waals surface area (Å²) in [6, 6.07) is 0. The largest absolute Gasteiger partial charge is 0.481 e. The van der Waals surface area contributed by atoms with Gasteiger partial charge in [0.1, 0.15) is 0 Å². The molecule has 0 aromatic rings. The molecule has 1 N–H and O–H groups in total. The molecular formula is C8H17O2P. The van der Waals surface area contributed by atoms with Crippen LogP contribution in [0.15, 0.2) is 0 Å². The first-order chi connectivity index (χ1) is 5.13. The molecule has 0 aromatic carbocycles. The zero-order valence-electron chi connectivity index (χ0n) is 7.48. The standard InChI is InChI=1S/C8H17O2P/c1-4-8(5-2,7(9)10)11-6-3/h11H,4-6H2,1-3H3,(H,9,10). The zero-order chi connectivity index (χ0) is 8.91. The molecule has 0 saturated carbocycles. The molecule has 0 radical (unpaired) electrons. The lowest BCUT2D eigenvalue weighted by molar-refractivity contribution is -0.140. The number of hydrogen-bond acceptors (Lipinski definition) is 1. The molecule has 1 unspecified atom stereocenters. The minimum absolute atomic E-state index is 0.422. The molecule has 0 bridgehead atoms. The molecular weight excluding hydrogens is 159 g/mol. The predicted molar refractivity (Wildman–Crippen MR) is 49.8 cm³/mol. The summed E-state index contributed by atoms with van der Waals surface area (Å²) in [4.78, 5) is 10.9. The van der Waals surface area contributed by atoms with E-state index in [1.54, 1.807) is 0 Å². The maximum absolute atomic E-state index is 10.9. The van der Waals surface area contributed by atoms with Crippen LogP contribution >= 0.6 is 8.58 Å². The van der Waals surface area contributed by atoms with Crippen molar-refractivity contribution in [3.05, 3.63) is 0 Å². The Morgan fingerprint density at radius 2 is 1.82 bits per heavy atom. The minimum atomic E-state index is -0.623. The average molecular weight is 176 g/mol. The number of rotatable bonds is 5. The second-order valence-corrected chi connectivity index (χ2v) is 4.64. The van der Waals surface area contributed by atoms with Crippen LogP contribution in [0.5, 0.6) is 0 Å². The van der Waals surface area contributed by atoms with Crippen LogP contribution in [0.3, 0.4) is 0 Å². The van der Waals surface area contributed by atoms with E-state index in [0.29, 0.717) is 8.58 Å². The topological polar surface area (TPSA) is 37.3 Å². The van der Waals surface area contributed by atoms with Crippen LogP contribution in [0, 0.1) is 0 Å². The molecule has 0 aromatic heterocycles. The second kappa shape index (κ2) is 4.71. The number of aliphatic carboxylic acids is 1. The van der Waals surface area contributed by atoms with Gasteiger partial charge < -0.3 is 5.11 Å². The first kappa shape index (κ1) is 10.9. The lowest BCUT2D eigenvalue weighted by Gasteiger charge is -2.25. The highest BCUT2D eigenvalue weighted by Crippen LogP contribution is 2.37. The summed E-state index contributed by atoms with van der Waals surface area (Å²) in [6.45, 7) is 5.96. The van der Waals surface area contributed by atoms with Gasteiger partial charge in [-0.1, -0.05) is 20.8 Å². The normalized spacial score (nSPS) is 12.6. The lowest BCUT2D eigenvalue weighted by Crippen LogP contribution is -2.32. The van der Waals surface area contributed by atoms with Crippen molar-refractivity contribution < 1.29 is 9.90 Å². The van der Waals surface area contributed by atoms with E-state index in [1.165, 1.54) is 0 Å². The van der Waals surface area contributed by atoms with Gasteiger partial charge in [-0.15, -0.1) is 8.58 Å². The average Bonchev–Trinajstić information content (AvgIpc) is 2.00. The van der Waals surface area contributed by atoms with Crippen molar-refractivity contribution in [2.75, 3.05) is 6.16 Å². The van der Waals surface area contributed by atoms with E-state index < -0.39 is 11.1 Å². The van der Waals surface area contributed by atoms with Crippen LogP contribution in [0.25, 0.3) is 0 Å². The molecule has 66 valence electrons. The smallest absolute Gasteiger partial charge is 0.313 e. The highest BCUT2D eigenvalue weighted by atomic mass is 31.1. The Kier molecular flexibility index (Phi) is 4.67. The predicted octanol–water partition coefficient (Wildman–Crippen LogP) is 2.33. The van der Waals surface area contributed by atoms with Crippen LogP contribution in [0.4, 0.5) is 0 Å². The first-order valence-electron chi connectivity index (χ1n) is 4.11. The van der Waals surface area contributed by atoms with Gasteiger partial charge in [0.25, 0.3) is 0 Å². The third-order valence-corrected chi connectivity index (χ3v) is 4.08. The Balaban J connectivity index is 4.32. The Morgan fingerprint density at radius 1 is 1.36 bits per heavy atom. The van der Waals surface area contributed by atoms with E-state index in [-0.39, 0.29) is 0 Å². The third kappa shape index (κ3) is 2.44. The molecule has 0 amide bonds. The summed E-state index contributed by atoms with van der Waals surface area (Å²) in [5.41, 5.74) is 0. The van der Waals surface area contributed by atoms with E-state index in [4.69, 9.17) is 5.11 Å². The molecule has 0 heterocycles. The number of hydrogen-bond donors (Lipinski definition) is 1. The molecule has 1 atom stereocenters. The van der Waals surface area contributed by atoms with Crippen molar-refractivity contribution in [1.82, 2.24) is 0 Å². The molecule has 0 spiro atoms. The summed E-state index contributed by atoms with van der Waals surface area (Å²) in [5, 5.41) is 8.54. The Morgan fingerprint density at radius 3 is 1.91 bits per heavy atom. The Hall–Kier alpha value is -0.100. The van der Waals surface area contributed by atoms with Gasteiger partial charge in [-0.05, 0) is 19.0 Å². The number of carbonyl (C=O) groups is 1. The van der Waals surface area contributed by atoms with Crippen LogP contribution in [0.2, 0.25) is 0 Å². The van der Waals surface area contributed by atoms with E-state index >= 15 is 0 Å². The molecule has 0 aliphatic carbocycles. The summed E-state index contributed by atoms with van der Waals surface area (Å²) >= 11 is 0. The van der Waals surface area contributed by atoms with Gasteiger partial charge in [0.2, 0.25) is 0 Å². The SMILES string of the molecule is CCPC(CC)(CC)C(=O)O. The van der Waals surface area contributed by atoms with Gasteiger partial charge in [-0.3, -0.25) is 4.79 Å². The quantitative estimate of drug-likeness (QED) is 0.653.